The molecular formula is C9H21N3O2S. The van der Waals surface area contributed by atoms with Gasteiger partial charge in [0.2, 0.25) is 10.0 Å². The van der Waals surface area contributed by atoms with E-state index >= 15 is 0 Å². The molecule has 0 amide bonds. The number of rotatable bonds is 5. The van der Waals surface area contributed by atoms with Crippen LogP contribution in [0.1, 0.15) is 19.3 Å². The zero-order chi connectivity index (χ0) is 11.3. The molecule has 6 heteroatoms. The Bertz CT molecular complexity index is 271. The molecule has 1 rings (SSSR count). The number of sulfonamides is 1. The molecule has 90 valence electrons. The SMILES string of the molecule is NCCC1CCN(CCS(N)(=O)=O)CC1. The number of hydrogen-bond donors (Lipinski definition) is 2. The minimum atomic E-state index is -3.31. The lowest BCUT2D eigenvalue weighted by atomic mass is 9.94. The lowest BCUT2D eigenvalue weighted by molar-refractivity contribution is 0.189. The Morgan fingerprint density at radius 2 is 1.87 bits per heavy atom. The van der Waals surface area contributed by atoms with Gasteiger partial charge < -0.3 is 10.6 Å². The third-order valence-electron chi connectivity index (χ3n) is 2.97. The van der Waals surface area contributed by atoms with Crippen LogP contribution in [-0.4, -0.2) is 45.2 Å². The average Bonchev–Trinajstić information content (AvgIpc) is 2.16. The third kappa shape index (κ3) is 5.46. The van der Waals surface area contributed by atoms with Gasteiger partial charge in [0.15, 0.2) is 0 Å². The summed E-state index contributed by atoms with van der Waals surface area (Å²) >= 11 is 0. The van der Waals surface area contributed by atoms with Crippen molar-refractivity contribution in [2.45, 2.75) is 19.3 Å². The Hall–Kier alpha value is -0.170. The summed E-state index contributed by atoms with van der Waals surface area (Å²) in [6.07, 6.45) is 3.34. The predicted molar refractivity (Wildman–Crippen MR) is 60.8 cm³/mol. The standard InChI is InChI=1S/C9H21N3O2S/c10-4-1-9-2-5-12(6-3-9)7-8-15(11,13)14/h9H,1-8,10H2,(H2,11,13,14). The molecule has 1 aliphatic heterocycles. The highest BCUT2D eigenvalue weighted by Crippen LogP contribution is 2.19. The maximum atomic E-state index is 10.8. The third-order valence-corrected chi connectivity index (χ3v) is 3.73. The van der Waals surface area contributed by atoms with Gasteiger partial charge in [-0.05, 0) is 44.8 Å². The molecule has 15 heavy (non-hydrogen) atoms. The highest BCUT2D eigenvalue weighted by Gasteiger charge is 2.19. The molecule has 0 aromatic carbocycles. The molecule has 1 aliphatic rings. The van der Waals surface area contributed by atoms with Gasteiger partial charge in [-0.1, -0.05) is 0 Å². The largest absolute Gasteiger partial charge is 0.330 e. The van der Waals surface area contributed by atoms with Gasteiger partial charge in [-0.15, -0.1) is 0 Å². The van der Waals surface area contributed by atoms with Gasteiger partial charge in [-0.25, -0.2) is 13.6 Å². The number of piperidine rings is 1. The van der Waals surface area contributed by atoms with Crippen LogP contribution < -0.4 is 10.9 Å². The molecule has 0 saturated carbocycles. The van der Waals surface area contributed by atoms with Crippen LogP contribution >= 0.6 is 0 Å². The van der Waals surface area contributed by atoms with Crippen molar-refractivity contribution < 1.29 is 8.42 Å². The molecule has 0 aliphatic carbocycles. The summed E-state index contributed by atoms with van der Waals surface area (Å²) in [4.78, 5) is 2.16. The van der Waals surface area contributed by atoms with E-state index in [1.807, 2.05) is 0 Å². The van der Waals surface area contributed by atoms with Crippen molar-refractivity contribution in [3.63, 3.8) is 0 Å². The monoisotopic (exact) mass is 235 g/mol. The van der Waals surface area contributed by atoms with Crippen LogP contribution in [0.25, 0.3) is 0 Å². The molecule has 0 aromatic heterocycles. The lowest BCUT2D eigenvalue weighted by Gasteiger charge is -2.31. The van der Waals surface area contributed by atoms with Crippen molar-refractivity contribution in [3.05, 3.63) is 0 Å². The van der Waals surface area contributed by atoms with E-state index in [0.29, 0.717) is 6.54 Å². The van der Waals surface area contributed by atoms with Crippen molar-refractivity contribution in [1.82, 2.24) is 4.90 Å². The van der Waals surface area contributed by atoms with E-state index in [2.05, 4.69) is 4.90 Å². The van der Waals surface area contributed by atoms with Crippen molar-refractivity contribution in [1.29, 1.82) is 0 Å². The smallest absolute Gasteiger partial charge is 0.210 e. The van der Waals surface area contributed by atoms with Gasteiger partial charge in [0, 0.05) is 6.54 Å². The van der Waals surface area contributed by atoms with Crippen molar-refractivity contribution in [3.8, 4) is 0 Å². The summed E-state index contributed by atoms with van der Waals surface area (Å²) < 4.78 is 21.6. The maximum absolute atomic E-state index is 10.8. The first-order valence-electron chi connectivity index (χ1n) is 5.44. The van der Waals surface area contributed by atoms with Crippen LogP contribution in [0.5, 0.6) is 0 Å². The molecule has 5 nitrogen and oxygen atoms in total. The van der Waals surface area contributed by atoms with E-state index in [4.69, 9.17) is 10.9 Å². The summed E-state index contributed by atoms with van der Waals surface area (Å²) in [6.45, 7) is 3.26. The van der Waals surface area contributed by atoms with E-state index in [1.165, 1.54) is 0 Å². The first kappa shape index (κ1) is 12.9. The number of nitrogens with zero attached hydrogens (tertiary/aromatic N) is 1. The second-order valence-electron chi connectivity index (χ2n) is 4.23. The van der Waals surface area contributed by atoms with Crippen LogP contribution in [0.3, 0.4) is 0 Å². The highest BCUT2D eigenvalue weighted by atomic mass is 32.2. The molecule has 4 N–H and O–H groups in total. The molecule has 0 aromatic rings. The Morgan fingerprint density at radius 1 is 1.27 bits per heavy atom. The lowest BCUT2D eigenvalue weighted by Crippen LogP contribution is -2.38. The van der Waals surface area contributed by atoms with Crippen LogP contribution in [0.15, 0.2) is 0 Å². The van der Waals surface area contributed by atoms with Gasteiger partial charge in [-0.3, -0.25) is 0 Å². The Labute approximate surface area is 91.9 Å². The topological polar surface area (TPSA) is 89.4 Å². The maximum Gasteiger partial charge on any atom is 0.210 e. The van der Waals surface area contributed by atoms with Gasteiger partial charge in [0.05, 0.1) is 5.75 Å². The van der Waals surface area contributed by atoms with E-state index in [0.717, 1.165) is 44.8 Å². The minimum absolute atomic E-state index is 0.0640. The fourth-order valence-corrected chi connectivity index (χ4v) is 2.50. The zero-order valence-electron chi connectivity index (χ0n) is 9.06. The van der Waals surface area contributed by atoms with Gasteiger partial charge in [0.25, 0.3) is 0 Å². The molecule has 0 unspecified atom stereocenters. The first-order valence-corrected chi connectivity index (χ1v) is 7.15. The minimum Gasteiger partial charge on any atom is -0.330 e. The van der Waals surface area contributed by atoms with E-state index in [9.17, 15) is 8.42 Å². The second kappa shape index (κ2) is 5.79. The Morgan fingerprint density at radius 3 is 2.33 bits per heavy atom. The number of likely N-dealkylation sites (tertiary alicyclic amines) is 1. The fraction of sp³-hybridized carbons (Fsp3) is 1.00. The summed E-state index contributed by atoms with van der Waals surface area (Å²) in [5.41, 5.74) is 5.50. The summed E-state index contributed by atoms with van der Waals surface area (Å²) in [7, 11) is -3.31. The molecule has 0 bridgehead atoms. The molecule has 0 atom stereocenters. The number of primary sulfonamides is 1. The normalized spacial score (nSPS) is 20.7. The van der Waals surface area contributed by atoms with E-state index in [-0.39, 0.29) is 5.75 Å². The van der Waals surface area contributed by atoms with Crippen LogP contribution in [0, 0.1) is 5.92 Å². The molecular weight excluding hydrogens is 214 g/mol. The fourth-order valence-electron chi connectivity index (χ4n) is 1.99. The second-order valence-corrected chi connectivity index (χ2v) is 5.96. The Kier molecular flexibility index (Phi) is 4.98. The quantitative estimate of drug-likeness (QED) is 0.662. The molecule has 1 saturated heterocycles. The predicted octanol–water partition coefficient (Wildman–Crippen LogP) is -0.664. The summed E-state index contributed by atoms with van der Waals surface area (Å²) in [6, 6.07) is 0. The van der Waals surface area contributed by atoms with Crippen LogP contribution in [0.2, 0.25) is 0 Å². The van der Waals surface area contributed by atoms with Crippen LogP contribution in [-0.2, 0) is 10.0 Å². The van der Waals surface area contributed by atoms with Crippen molar-refractivity contribution in [2.24, 2.45) is 16.8 Å². The first-order chi connectivity index (χ1) is 7.01. The van der Waals surface area contributed by atoms with Crippen molar-refractivity contribution >= 4 is 10.0 Å². The van der Waals surface area contributed by atoms with Gasteiger partial charge in [0.1, 0.15) is 0 Å². The van der Waals surface area contributed by atoms with Gasteiger partial charge >= 0.3 is 0 Å². The van der Waals surface area contributed by atoms with Crippen molar-refractivity contribution in [2.75, 3.05) is 31.9 Å². The zero-order valence-corrected chi connectivity index (χ0v) is 9.88. The highest BCUT2D eigenvalue weighted by molar-refractivity contribution is 7.89. The van der Waals surface area contributed by atoms with Gasteiger partial charge in [-0.2, -0.15) is 0 Å². The molecule has 1 fully saturated rings. The molecule has 1 heterocycles. The van der Waals surface area contributed by atoms with Crippen LogP contribution in [0.4, 0.5) is 0 Å². The summed E-state index contributed by atoms with van der Waals surface area (Å²) in [5.74, 6) is 0.787. The van der Waals surface area contributed by atoms with E-state index in [1.54, 1.807) is 0 Å². The van der Waals surface area contributed by atoms with E-state index < -0.39 is 10.0 Å². The summed E-state index contributed by atoms with van der Waals surface area (Å²) in [5, 5.41) is 4.96. The number of nitrogens with two attached hydrogens (primary N) is 2. The number of hydrogen-bond acceptors (Lipinski definition) is 4. The average molecular weight is 235 g/mol. The molecule has 0 spiro atoms. The Balaban J connectivity index is 2.20. The molecule has 0 radical (unpaired) electrons.